The predicted octanol–water partition coefficient (Wildman–Crippen LogP) is 1.63. The number of aromatic nitrogens is 4. The van der Waals surface area contributed by atoms with E-state index in [-0.39, 0.29) is 5.92 Å². The largest absolute Gasteiger partial charge is 0.272 e. The van der Waals surface area contributed by atoms with Gasteiger partial charge in [0.05, 0.1) is 23.3 Å². The summed E-state index contributed by atoms with van der Waals surface area (Å²) in [5.74, 6) is 0.0520. The monoisotopic (exact) mass is 349 g/mol. The van der Waals surface area contributed by atoms with Gasteiger partial charge in [0.15, 0.2) is 0 Å². The molecule has 1 aliphatic heterocycles. The number of sulfonamides is 1. The van der Waals surface area contributed by atoms with E-state index in [1.54, 1.807) is 16.7 Å². The minimum Gasteiger partial charge on any atom is -0.272 e. The van der Waals surface area contributed by atoms with E-state index >= 15 is 0 Å². The molecule has 3 rings (SSSR count). The lowest BCUT2D eigenvalue weighted by atomic mass is 9.92. The third-order valence-corrected chi connectivity index (χ3v) is 5.98. The molecule has 0 amide bonds. The normalized spacial score (nSPS) is 19.6. The summed E-state index contributed by atoms with van der Waals surface area (Å²) in [6.07, 6.45) is 6.37. The summed E-state index contributed by atoms with van der Waals surface area (Å²) >= 11 is 0. The molecule has 0 bridgehead atoms. The maximum Gasteiger partial charge on any atom is 0.211 e. The van der Waals surface area contributed by atoms with Crippen LogP contribution in [0.15, 0.2) is 12.4 Å². The van der Waals surface area contributed by atoms with Crippen molar-refractivity contribution in [3.63, 3.8) is 0 Å². The van der Waals surface area contributed by atoms with Gasteiger partial charge in [-0.1, -0.05) is 0 Å². The van der Waals surface area contributed by atoms with E-state index in [9.17, 15) is 8.42 Å². The first kappa shape index (κ1) is 17.0. The van der Waals surface area contributed by atoms with Crippen LogP contribution in [0.2, 0.25) is 0 Å². The van der Waals surface area contributed by atoms with E-state index in [0.29, 0.717) is 13.1 Å². The van der Waals surface area contributed by atoms with Crippen molar-refractivity contribution >= 4 is 10.0 Å². The van der Waals surface area contributed by atoms with Gasteiger partial charge in [0.2, 0.25) is 10.0 Å². The van der Waals surface area contributed by atoms with Gasteiger partial charge < -0.3 is 0 Å². The first-order valence-corrected chi connectivity index (χ1v) is 9.90. The van der Waals surface area contributed by atoms with E-state index < -0.39 is 10.0 Å². The van der Waals surface area contributed by atoms with Crippen molar-refractivity contribution in [1.82, 2.24) is 24.1 Å². The highest BCUT2D eigenvalue weighted by Crippen LogP contribution is 2.34. The molecule has 0 N–H and O–H groups in total. The summed E-state index contributed by atoms with van der Waals surface area (Å²) in [4.78, 5) is 9.13. The zero-order valence-corrected chi connectivity index (χ0v) is 15.3. The third kappa shape index (κ3) is 3.08. The molecule has 0 spiro atoms. The minimum atomic E-state index is -3.19. The maximum absolute atomic E-state index is 11.9. The van der Waals surface area contributed by atoms with E-state index in [0.717, 1.165) is 41.2 Å². The van der Waals surface area contributed by atoms with Crippen LogP contribution in [0.25, 0.3) is 11.3 Å². The Hall–Kier alpha value is -1.80. The Bertz CT molecular complexity index is 859. The van der Waals surface area contributed by atoms with Gasteiger partial charge >= 0.3 is 0 Å². The molecule has 0 aromatic carbocycles. The fourth-order valence-corrected chi connectivity index (χ4v) is 4.33. The Balaban J connectivity index is 2.04. The van der Waals surface area contributed by atoms with Crippen molar-refractivity contribution < 1.29 is 8.42 Å². The quantitative estimate of drug-likeness (QED) is 0.841. The second kappa shape index (κ2) is 6.25. The summed E-state index contributed by atoms with van der Waals surface area (Å²) in [6, 6.07) is 0. The van der Waals surface area contributed by atoms with Crippen LogP contribution in [0.5, 0.6) is 0 Å². The van der Waals surface area contributed by atoms with Gasteiger partial charge in [0.25, 0.3) is 0 Å². The molecule has 2 aromatic rings. The van der Waals surface area contributed by atoms with E-state index in [1.165, 1.54) is 6.26 Å². The van der Waals surface area contributed by atoms with Gasteiger partial charge in [-0.25, -0.2) is 12.7 Å². The number of hydrogen-bond acceptors (Lipinski definition) is 5. The summed E-state index contributed by atoms with van der Waals surface area (Å²) in [7, 11) is -1.28. The fraction of sp³-hybridized carbons (Fsp3) is 0.562. The summed E-state index contributed by atoms with van der Waals surface area (Å²) in [5, 5.41) is 4.47. The Labute approximate surface area is 142 Å². The Morgan fingerprint density at radius 3 is 2.54 bits per heavy atom. The van der Waals surface area contributed by atoms with Crippen LogP contribution in [0.3, 0.4) is 0 Å². The van der Waals surface area contributed by atoms with Crippen LogP contribution in [-0.4, -0.2) is 51.8 Å². The molecule has 7 nitrogen and oxygen atoms in total. The highest BCUT2D eigenvalue weighted by molar-refractivity contribution is 7.88. The van der Waals surface area contributed by atoms with Gasteiger partial charge in [-0.15, -0.1) is 0 Å². The van der Waals surface area contributed by atoms with Gasteiger partial charge in [0.1, 0.15) is 0 Å². The SMILES string of the molecule is Cc1nn(C)c(C)c1-c1nccnc1C1CCCN(S(C)(=O)=O)C1. The van der Waals surface area contributed by atoms with E-state index in [1.807, 2.05) is 25.6 Å². The zero-order valence-electron chi connectivity index (χ0n) is 14.5. The molecule has 1 fully saturated rings. The second-order valence-corrected chi connectivity index (χ2v) is 8.40. The Morgan fingerprint density at radius 1 is 1.21 bits per heavy atom. The molecule has 0 radical (unpaired) electrons. The molecular formula is C16H23N5O2S. The standard InChI is InChI=1S/C16H23N5O2S/c1-11-14(12(2)20(3)19-11)16-15(17-7-8-18-16)13-6-5-9-21(10-13)24(4,22)23/h7-8,13H,5-6,9-10H2,1-4H3. The lowest BCUT2D eigenvalue weighted by Gasteiger charge is -2.31. The number of nitrogens with zero attached hydrogens (tertiary/aromatic N) is 5. The van der Waals surface area contributed by atoms with Gasteiger partial charge in [-0.2, -0.15) is 5.10 Å². The van der Waals surface area contributed by atoms with Crippen molar-refractivity contribution in [2.45, 2.75) is 32.6 Å². The first-order valence-electron chi connectivity index (χ1n) is 8.05. The highest BCUT2D eigenvalue weighted by Gasteiger charge is 2.30. The Morgan fingerprint density at radius 2 is 1.92 bits per heavy atom. The lowest BCUT2D eigenvalue weighted by Crippen LogP contribution is -2.38. The molecule has 8 heteroatoms. The minimum absolute atomic E-state index is 0.0520. The molecule has 1 aliphatic rings. The number of aryl methyl sites for hydroxylation is 2. The van der Waals surface area contributed by atoms with E-state index in [4.69, 9.17) is 0 Å². The van der Waals surface area contributed by atoms with Crippen molar-refractivity contribution in [3.05, 3.63) is 29.5 Å². The third-order valence-electron chi connectivity index (χ3n) is 4.71. The zero-order chi connectivity index (χ0) is 17.5. The highest BCUT2D eigenvalue weighted by atomic mass is 32.2. The number of piperidine rings is 1. The maximum atomic E-state index is 11.9. The van der Waals surface area contributed by atoms with E-state index in [2.05, 4.69) is 15.1 Å². The van der Waals surface area contributed by atoms with Gasteiger partial charge in [-0.3, -0.25) is 14.6 Å². The molecule has 1 unspecified atom stereocenters. The van der Waals surface area contributed by atoms with Crippen molar-refractivity contribution in [3.8, 4) is 11.3 Å². The molecule has 0 aliphatic carbocycles. The van der Waals surface area contributed by atoms with Crippen LogP contribution in [0.4, 0.5) is 0 Å². The molecule has 1 atom stereocenters. The molecule has 3 heterocycles. The molecule has 0 saturated carbocycles. The fourth-order valence-electron chi connectivity index (χ4n) is 3.42. The van der Waals surface area contributed by atoms with Crippen LogP contribution < -0.4 is 0 Å². The lowest BCUT2D eigenvalue weighted by molar-refractivity contribution is 0.314. The van der Waals surface area contributed by atoms with Gasteiger partial charge in [0, 0.05) is 49.7 Å². The predicted molar refractivity (Wildman–Crippen MR) is 92.1 cm³/mol. The molecule has 1 saturated heterocycles. The van der Waals surface area contributed by atoms with Crippen LogP contribution >= 0.6 is 0 Å². The van der Waals surface area contributed by atoms with Crippen molar-refractivity contribution in [1.29, 1.82) is 0 Å². The number of rotatable bonds is 3. The second-order valence-electron chi connectivity index (χ2n) is 6.42. The van der Waals surface area contributed by atoms with Crippen molar-refractivity contribution in [2.75, 3.05) is 19.3 Å². The molecule has 24 heavy (non-hydrogen) atoms. The summed E-state index contributed by atoms with van der Waals surface area (Å²) < 4.78 is 27.2. The average molecular weight is 349 g/mol. The average Bonchev–Trinajstić information content (AvgIpc) is 2.79. The molecule has 130 valence electrons. The molecule has 2 aromatic heterocycles. The van der Waals surface area contributed by atoms with Crippen LogP contribution in [0, 0.1) is 13.8 Å². The summed E-state index contributed by atoms with van der Waals surface area (Å²) in [5.41, 5.74) is 4.63. The summed E-state index contributed by atoms with van der Waals surface area (Å²) in [6.45, 7) is 5.01. The first-order chi connectivity index (χ1) is 11.3. The molecular weight excluding hydrogens is 326 g/mol. The Kier molecular flexibility index (Phi) is 4.44. The van der Waals surface area contributed by atoms with Crippen molar-refractivity contribution in [2.24, 2.45) is 7.05 Å². The number of hydrogen-bond donors (Lipinski definition) is 0. The van der Waals surface area contributed by atoms with Crippen LogP contribution in [-0.2, 0) is 17.1 Å². The topological polar surface area (TPSA) is 81.0 Å². The van der Waals surface area contributed by atoms with Crippen LogP contribution in [0.1, 0.15) is 35.8 Å². The van der Waals surface area contributed by atoms with Gasteiger partial charge in [-0.05, 0) is 26.7 Å². The smallest absolute Gasteiger partial charge is 0.211 e.